The van der Waals surface area contributed by atoms with Crippen LogP contribution in [0.4, 0.5) is 0 Å². The third-order valence-electron chi connectivity index (χ3n) is 5.04. The Kier molecular flexibility index (Phi) is 5.54. The summed E-state index contributed by atoms with van der Waals surface area (Å²) in [6.07, 6.45) is 3.19. The van der Waals surface area contributed by atoms with Crippen molar-refractivity contribution in [1.29, 1.82) is 0 Å². The first-order valence-corrected chi connectivity index (χ1v) is 9.34. The molecule has 1 aromatic carbocycles. The van der Waals surface area contributed by atoms with Gasteiger partial charge >= 0.3 is 0 Å². The van der Waals surface area contributed by atoms with Gasteiger partial charge < -0.3 is 9.80 Å². The number of nitrogens with zero attached hydrogens (tertiary/aromatic N) is 5. The zero-order valence-corrected chi connectivity index (χ0v) is 16.1. The molecule has 0 aliphatic carbocycles. The largest absolute Gasteiger partial charge is 0.304 e. The molecule has 0 spiro atoms. The lowest BCUT2D eigenvalue weighted by molar-refractivity contribution is 0.151. The molecule has 0 saturated carbocycles. The van der Waals surface area contributed by atoms with Gasteiger partial charge in [-0.1, -0.05) is 50.3 Å². The standard InChI is InChI=1S/C20H31N5/c1-20(2,3)18-8-6-17(7-9-18)19-16-25(22-21-19)11-5-10-24-14-12-23(4)13-15-24/h6-9,16H,5,10-15H2,1-4H3. The minimum atomic E-state index is 0.180. The van der Waals surface area contributed by atoms with Crippen LogP contribution in [0, 0.1) is 0 Å². The van der Waals surface area contributed by atoms with Gasteiger partial charge in [-0.2, -0.15) is 0 Å². The van der Waals surface area contributed by atoms with Crippen LogP contribution >= 0.6 is 0 Å². The van der Waals surface area contributed by atoms with Crippen molar-refractivity contribution in [3.63, 3.8) is 0 Å². The van der Waals surface area contributed by atoms with E-state index in [0.717, 1.165) is 30.8 Å². The molecule has 2 aromatic rings. The summed E-state index contributed by atoms with van der Waals surface area (Å²) in [4.78, 5) is 4.94. The molecule has 25 heavy (non-hydrogen) atoms. The molecule has 0 atom stereocenters. The minimum absolute atomic E-state index is 0.180. The SMILES string of the molecule is CN1CCN(CCCn2cc(-c3ccc(C(C)(C)C)cc3)nn2)CC1. The van der Waals surface area contributed by atoms with Gasteiger partial charge in [-0.25, -0.2) is 0 Å². The molecular formula is C20H31N5. The van der Waals surface area contributed by atoms with Crippen molar-refractivity contribution in [3.05, 3.63) is 36.0 Å². The van der Waals surface area contributed by atoms with Crippen LogP contribution in [0.25, 0.3) is 11.3 Å². The average molecular weight is 342 g/mol. The Balaban J connectivity index is 1.52. The maximum Gasteiger partial charge on any atom is 0.113 e. The van der Waals surface area contributed by atoms with E-state index < -0.39 is 0 Å². The Labute approximate surface area is 151 Å². The maximum atomic E-state index is 4.35. The molecule has 136 valence electrons. The average Bonchev–Trinajstić information content (AvgIpc) is 3.05. The predicted octanol–water partition coefficient (Wildman–Crippen LogP) is 2.88. The normalized spacial score (nSPS) is 17.1. The molecule has 1 aliphatic rings. The molecule has 0 bridgehead atoms. The van der Waals surface area contributed by atoms with Gasteiger partial charge in [0.2, 0.25) is 0 Å². The van der Waals surface area contributed by atoms with Gasteiger partial charge in [0.15, 0.2) is 0 Å². The third kappa shape index (κ3) is 4.89. The van der Waals surface area contributed by atoms with Crippen LogP contribution in [0.15, 0.2) is 30.5 Å². The molecule has 1 fully saturated rings. The van der Waals surface area contributed by atoms with E-state index in [0.29, 0.717) is 0 Å². The van der Waals surface area contributed by atoms with Crippen LogP contribution in [0.3, 0.4) is 0 Å². The van der Waals surface area contributed by atoms with Crippen LogP contribution in [-0.2, 0) is 12.0 Å². The molecule has 1 aromatic heterocycles. The van der Waals surface area contributed by atoms with E-state index in [2.05, 4.69) is 78.4 Å². The van der Waals surface area contributed by atoms with E-state index in [1.807, 2.05) is 4.68 Å². The Bertz CT molecular complexity index is 660. The fraction of sp³-hybridized carbons (Fsp3) is 0.600. The molecule has 3 rings (SSSR count). The number of hydrogen-bond donors (Lipinski definition) is 0. The van der Waals surface area contributed by atoms with Gasteiger partial charge in [0.25, 0.3) is 0 Å². The highest BCUT2D eigenvalue weighted by Gasteiger charge is 2.14. The van der Waals surface area contributed by atoms with Crippen molar-refractivity contribution in [2.45, 2.75) is 39.2 Å². The van der Waals surface area contributed by atoms with E-state index in [1.54, 1.807) is 0 Å². The predicted molar refractivity (Wildman–Crippen MR) is 103 cm³/mol. The second-order valence-corrected chi connectivity index (χ2v) is 8.19. The van der Waals surface area contributed by atoms with E-state index in [1.165, 1.54) is 31.7 Å². The Morgan fingerprint density at radius 1 is 0.960 bits per heavy atom. The summed E-state index contributed by atoms with van der Waals surface area (Å²) in [7, 11) is 2.20. The summed E-state index contributed by atoms with van der Waals surface area (Å²) in [5.41, 5.74) is 3.62. The number of aromatic nitrogens is 3. The third-order valence-corrected chi connectivity index (χ3v) is 5.04. The van der Waals surface area contributed by atoms with Crippen LogP contribution in [-0.4, -0.2) is 64.6 Å². The molecular weight excluding hydrogens is 310 g/mol. The lowest BCUT2D eigenvalue weighted by Crippen LogP contribution is -2.44. The smallest absolute Gasteiger partial charge is 0.113 e. The number of benzene rings is 1. The van der Waals surface area contributed by atoms with Crippen molar-refractivity contribution >= 4 is 0 Å². The molecule has 2 heterocycles. The molecule has 1 saturated heterocycles. The van der Waals surface area contributed by atoms with Crippen molar-refractivity contribution in [1.82, 2.24) is 24.8 Å². The van der Waals surface area contributed by atoms with Crippen LogP contribution in [0.1, 0.15) is 32.8 Å². The van der Waals surface area contributed by atoms with Crippen molar-refractivity contribution in [2.24, 2.45) is 0 Å². The summed E-state index contributed by atoms with van der Waals surface area (Å²) >= 11 is 0. The number of piperazine rings is 1. The molecule has 1 aliphatic heterocycles. The number of likely N-dealkylation sites (N-methyl/N-ethyl adjacent to an activating group) is 1. The lowest BCUT2D eigenvalue weighted by atomic mass is 9.86. The molecule has 0 N–H and O–H groups in total. The van der Waals surface area contributed by atoms with Crippen molar-refractivity contribution in [2.75, 3.05) is 39.8 Å². The molecule has 5 nitrogen and oxygen atoms in total. The Morgan fingerprint density at radius 2 is 1.64 bits per heavy atom. The summed E-state index contributed by atoms with van der Waals surface area (Å²) < 4.78 is 1.98. The maximum absolute atomic E-state index is 4.35. The quantitative estimate of drug-likeness (QED) is 0.838. The monoisotopic (exact) mass is 341 g/mol. The highest BCUT2D eigenvalue weighted by Crippen LogP contribution is 2.25. The second-order valence-electron chi connectivity index (χ2n) is 8.19. The summed E-state index contributed by atoms with van der Waals surface area (Å²) in [6.45, 7) is 13.5. The second kappa shape index (κ2) is 7.67. The highest BCUT2D eigenvalue weighted by molar-refractivity contribution is 5.58. The molecule has 0 unspecified atom stereocenters. The summed E-state index contributed by atoms with van der Waals surface area (Å²) in [6, 6.07) is 8.70. The van der Waals surface area contributed by atoms with Gasteiger partial charge in [-0.05, 0) is 24.4 Å². The van der Waals surface area contributed by atoms with Gasteiger partial charge in [-0.3, -0.25) is 4.68 Å². The highest BCUT2D eigenvalue weighted by atomic mass is 15.4. The molecule has 0 radical (unpaired) electrons. The Hall–Kier alpha value is -1.72. The fourth-order valence-electron chi connectivity index (χ4n) is 3.21. The fourth-order valence-corrected chi connectivity index (χ4v) is 3.21. The van der Waals surface area contributed by atoms with Crippen molar-refractivity contribution in [3.8, 4) is 11.3 Å². The van der Waals surface area contributed by atoms with Gasteiger partial charge in [0, 0.05) is 44.8 Å². The first-order chi connectivity index (χ1) is 11.9. The number of hydrogen-bond acceptors (Lipinski definition) is 4. The Morgan fingerprint density at radius 3 is 2.28 bits per heavy atom. The van der Waals surface area contributed by atoms with Crippen LogP contribution in [0.2, 0.25) is 0 Å². The zero-order valence-electron chi connectivity index (χ0n) is 16.1. The van der Waals surface area contributed by atoms with Gasteiger partial charge in [-0.15, -0.1) is 5.10 Å². The summed E-state index contributed by atoms with van der Waals surface area (Å²) in [5.74, 6) is 0. The van der Waals surface area contributed by atoms with E-state index in [9.17, 15) is 0 Å². The first-order valence-electron chi connectivity index (χ1n) is 9.34. The van der Waals surface area contributed by atoms with Crippen LogP contribution in [0.5, 0.6) is 0 Å². The topological polar surface area (TPSA) is 37.2 Å². The summed E-state index contributed by atoms with van der Waals surface area (Å²) in [5, 5.41) is 8.64. The number of aryl methyl sites for hydroxylation is 1. The minimum Gasteiger partial charge on any atom is -0.304 e. The number of rotatable bonds is 5. The molecule has 5 heteroatoms. The van der Waals surface area contributed by atoms with E-state index in [4.69, 9.17) is 0 Å². The molecule has 0 amide bonds. The van der Waals surface area contributed by atoms with Gasteiger partial charge in [0.1, 0.15) is 5.69 Å². The zero-order chi connectivity index (χ0) is 17.9. The van der Waals surface area contributed by atoms with Crippen molar-refractivity contribution < 1.29 is 0 Å². The van der Waals surface area contributed by atoms with E-state index >= 15 is 0 Å². The first kappa shape index (κ1) is 18.1. The lowest BCUT2D eigenvalue weighted by Gasteiger charge is -2.32. The van der Waals surface area contributed by atoms with Gasteiger partial charge in [0.05, 0.1) is 6.20 Å². The van der Waals surface area contributed by atoms with E-state index in [-0.39, 0.29) is 5.41 Å². The van der Waals surface area contributed by atoms with Crippen LogP contribution < -0.4 is 0 Å².